The second-order valence-corrected chi connectivity index (χ2v) is 6.38. The molecule has 1 heterocycles. The minimum atomic E-state index is -3.56. The highest BCUT2D eigenvalue weighted by molar-refractivity contribution is 7.89. The smallest absolute Gasteiger partial charge is 0.241 e. The molecule has 0 bridgehead atoms. The minimum absolute atomic E-state index is 0.133. The molecule has 0 amide bonds. The van der Waals surface area contributed by atoms with Gasteiger partial charge < -0.3 is 10.2 Å². The average Bonchev–Trinajstić information content (AvgIpc) is 2.82. The lowest BCUT2D eigenvalue weighted by atomic mass is 10.1. The van der Waals surface area contributed by atoms with Crippen LogP contribution in [0, 0.1) is 13.8 Å². The van der Waals surface area contributed by atoms with E-state index in [0.717, 1.165) is 11.3 Å². The van der Waals surface area contributed by atoms with Crippen molar-refractivity contribution in [2.45, 2.75) is 31.8 Å². The highest BCUT2D eigenvalue weighted by Crippen LogP contribution is 2.17. The van der Waals surface area contributed by atoms with Gasteiger partial charge in [-0.05, 0) is 43.2 Å². The van der Waals surface area contributed by atoms with E-state index in [1.54, 1.807) is 37.3 Å². The van der Waals surface area contributed by atoms with Crippen LogP contribution in [0.25, 0.3) is 0 Å². The van der Waals surface area contributed by atoms with E-state index in [1.165, 1.54) is 0 Å². The van der Waals surface area contributed by atoms with Crippen LogP contribution in [0.2, 0.25) is 0 Å². The number of benzene rings is 1. The van der Waals surface area contributed by atoms with Crippen LogP contribution in [0.15, 0.2) is 39.6 Å². The maximum atomic E-state index is 12.2. The van der Waals surface area contributed by atoms with E-state index in [0.29, 0.717) is 17.9 Å². The monoisotopic (exact) mass is 294 g/mol. The Morgan fingerprint density at radius 1 is 1.20 bits per heavy atom. The van der Waals surface area contributed by atoms with Crippen molar-refractivity contribution in [3.05, 3.63) is 53.0 Å². The van der Waals surface area contributed by atoms with Crippen LogP contribution in [-0.2, 0) is 23.1 Å². The van der Waals surface area contributed by atoms with Gasteiger partial charge in [-0.25, -0.2) is 13.1 Å². The Morgan fingerprint density at radius 3 is 2.50 bits per heavy atom. The van der Waals surface area contributed by atoms with Crippen molar-refractivity contribution in [3.63, 3.8) is 0 Å². The second-order valence-electron chi connectivity index (χ2n) is 4.64. The molecule has 1 aromatic heterocycles. The van der Waals surface area contributed by atoms with Gasteiger partial charge in [0.15, 0.2) is 0 Å². The summed E-state index contributed by atoms with van der Waals surface area (Å²) < 4.78 is 32.4. The fourth-order valence-corrected chi connectivity index (χ4v) is 3.18. The molecule has 20 heavy (non-hydrogen) atoms. The lowest BCUT2D eigenvalue weighted by Crippen LogP contribution is -2.23. The van der Waals surface area contributed by atoms with Crippen molar-refractivity contribution in [2.75, 3.05) is 0 Å². The van der Waals surface area contributed by atoms with Crippen molar-refractivity contribution in [1.82, 2.24) is 4.72 Å². The summed E-state index contributed by atoms with van der Waals surface area (Å²) in [5.74, 6) is 1.34. The predicted octanol–water partition coefficient (Wildman–Crippen LogP) is 1.83. The van der Waals surface area contributed by atoms with Crippen LogP contribution in [0.1, 0.15) is 22.6 Å². The highest BCUT2D eigenvalue weighted by atomic mass is 32.2. The van der Waals surface area contributed by atoms with Gasteiger partial charge in [0.2, 0.25) is 10.0 Å². The van der Waals surface area contributed by atoms with Gasteiger partial charge in [0.1, 0.15) is 11.5 Å². The Kier molecular flexibility index (Phi) is 4.27. The van der Waals surface area contributed by atoms with Gasteiger partial charge in [-0.1, -0.05) is 12.1 Å². The Balaban J connectivity index is 2.18. The van der Waals surface area contributed by atoms with Crippen molar-refractivity contribution in [2.24, 2.45) is 5.73 Å². The molecule has 0 aliphatic rings. The first-order chi connectivity index (χ1) is 9.42. The van der Waals surface area contributed by atoms with Gasteiger partial charge in [0.25, 0.3) is 0 Å². The molecule has 0 saturated carbocycles. The summed E-state index contributed by atoms with van der Waals surface area (Å²) in [6, 6.07) is 8.63. The van der Waals surface area contributed by atoms with E-state index in [9.17, 15) is 8.42 Å². The van der Waals surface area contributed by atoms with Gasteiger partial charge in [-0.3, -0.25) is 0 Å². The van der Waals surface area contributed by atoms with Crippen molar-refractivity contribution >= 4 is 10.0 Å². The molecular formula is C14H18N2O3S. The van der Waals surface area contributed by atoms with Crippen LogP contribution < -0.4 is 10.5 Å². The van der Waals surface area contributed by atoms with E-state index >= 15 is 0 Å². The van der Waals surface area contributed by atoms with Crippen molar-refractivity contribution in [1.29, 1.82) is 0 Å². The van der Waals surface area contributed by atoms with Crippen LogP contribution >= 0.6 is 0 Å². The number of nitrogens with one attached hydrogen (secondary N) is 1. The number of hydrogen-bond acceptors (Lipinski definition) is 4. The number of rotatable bonds is 5. The topological polar surface area (TPSA) is 85.3 Å². The molecule has 0 unspecified atom stereocenters. The molecule has 0 aliphatic carbocycles. The first-order valence-electron chi connectivity index (χ1n) is 6.27. The summed E-state index contributed by atoms with van der Waals surface area (Å²) in [5, 5.41) is 0. The zero-order valence-corrected chi connectivity index (χ0v) is 12.3. The Hall–Kier alpha value is -1.63. The SMILES string of the molecule is Cc1ccc(CNS(=O)(=O)c2ccc(CN)cc2C)o1. The number of aryl methyl sites for hydroxylation is 2. The number of hydrogen-bond donors (Lipinski definition) is 2. The summed E-state index contributed by atoms with van der Waals surface area (Å²) in [4.78, 5) is 0.262. The van der Waals surface area contributed by atoms with E-state index < -0.39 is 10.0 Å². The van der Waals surface area contributed by atoms with E-state index in [1.807, 2.05) is 6.92 Å². The van der Waals surface area contributed by atoms with Crippen LogP contribution in [0.3, 0.4) is 0 Å². The van der Waals surface area contributed by atoms with Gasteiger partial charge >= 0.3 is 0 Å². The van der Waals surface area contributed by atoms with Gasteiger partial charge in [-0.15, -0.1) is 0 Å². The standard InChI is InChI=1S/C14H18N2O3S/c1-10-7-12(8-15)4-6-14(10)20(17,18)16-9-13-5-3-11(2)19-13/h3-7,16H,8-9,15H2,1-2H3. The first kappa shape index (κ1) is 14.8. The average molecular weight is 294 g/mol. The third kappa shape index (κ3) is 3.27. The zero-order valence-electron chi connectivity index (χ0n) is 11.5. The minimum Gasteiger partial charge on any atom is -0.465 e. The largest absolute Gasteiger partial charge is 0.465 e. The van der Waals surface area contributed by atoms with E-state index in [-0.39, 0.29) is 11.4 Å². The van der Waals surface area contributed by atoms with Gasteiger partial charge in [0, 0.05) is 6.54 Å². The molecule has 0 spiro atoms. The molecule has 5 nitrogen and oxygen atoms in total. The van der Waals surface area contributed by atoms with Crippen molar-refractivity contribution in [3.8, 4) is 0 Å². The third-order valence-electron chi connectivity index (χ3n) is 3.00. The molecular weight excluding hydrogens is 276 g/mol. The van der Waals surface area contributed by atoms with Gasteiger partial charge in [-0.2, -0.15) is 0 Å². The summed E-state index contributed by atoms with van der Waals surface area (Å²) in [7, 11) is -3.56. The molecule has 108 valence electrons. The summed E-state index contributed by atoms with van der Waals surface area (Å²) >= 11 is 0. The van der Waals surface area contributed by atoms with Gasteiger partial charge in [0.05, 0.1) is 11.4 Å². The maximum absolute atomic E-state index is 12.2. The molecule has 2 rings (SSSR count). The Morgan fingerprint density at radius 2 is 1.95 bits per heavy atom. The van der Waals surface area contributed by atoms with Crippen LogP contribution in [0.4, 0.5) is 0 Å². The molecule has 1 aromatic carbocycles. The fourth-order valence-electron chi connectivity index (χ4n) is 1.96. The first-order valence-corrected chi connectivity index (χ1v) is 7.75. The second kappa shape index (κ2) is 5.78. The Bertz CT molecular complexity index is 705. The molecule has 6 heteroatoms. The number of furan rings is 1. The molecule has 2 aromatic rings. The van der Waals surface area contributed by atoms with Crippen LogP contribution in [-0.4, -0.2) is 8.42 Å². The predicted molar refractivity (Wildman–Crippen MR) is 76.5 cm³/mol. The number of sulfonamides is 1. The third-order valence-corrected chi connectivity index (χ3v) is 4.56. The highest BCUT2D eigenvalue weighted by Gasteiger charge is 2.17. The quantitative estimate of drug-likeness (QED) is 0.881. The maximum Gasteiger partial charge on any atom is 0.241 e. The van der Waals surface area contributed by atoms with E-state index in [2.05, 4.69) is 4.72 Å². The fraction of sp³-hybridized carbons (Fsp3) is 0.286. The van der Waals surface area contributed by atoms with E-state index in [4.69, 9.17) is 10.2 Å². The zero-order chi connectivity index (χ0) is 14.8. The summed E-state index contributed by atoms with van der Waals surface area (Å²) in [6.45, 7) is 4.09. The molecule has 0 fully saturated rings. The lowest BCUT2D eigenvalue weighted by Gasteiger charge is -2.09. The molecule has 0 radical (unpaired) electrons. The molecule has 0 saturated heterocycles. The lowest BCUT2D eigenvalue weighted by molar-refractivity contribution is 0.475. The Labute approximate surface area is 118 Å². The normalized spacial score (nSPS) is 11.8. The number of nitrogens with two attached hydrogens (primary N) is 1. The molecule has 0 atom stereocenters. The summed E-state index contributed by atoms with van der Waals surface area (Å²) in [6.07, 6.45) is 0. The molecule has 3 N–H and O–H groups in total. The van der Waals surface area contributed by atoms with Crippen molar-refractivity contribution < 1.29 is 12.8 Å². The van der Waals surface area contributed by atoms with Crippen LogP contribution in [0.5, 0.6) is 0 Å². The molecule has 0 aliphatic heterocycles. The summed E-state index contributed by atoms with van der Waals surface area (Å²) in [5.41, 5.74) is 7.12.